The van der Waals surface area contributed by atoms with Crippen LogP contribution in [0, 0.1) is 0 Å². The van der Waals surface area contributed by atoms with E-state index in [-0.39, 0.29) is 11.8 Å². The molecule has 5 N–H and O–H groups in total. The van der Waals surface area contributed by atoms with Crippen LogP contribution < -0.4 is 11.5 Å². The molecule has 0 aliphatic heterocycles. The zero-order valence-corrected chi connectivity index (χ0v) is 16.6. The Hall–Kier alpha value is -2.74. The predicted molar refractivity (Wildman–Crippen MR) is 108 cm³/mol. The molecule has 5 unspecified atom stereocenters. The van der Waals surface area contributed by atoms with Gasteiger partial charge in [-0.1, -0.05) is 74.5 Å². The maximum atomic E-state index is 12.1. The molecular formula is C22H28N2O5. The molecule has 7 nitrogen and oxygen atoms in total. The Kier molecular flexibility index (Phi) is 8.33. The molecule has 0 fully saturated rings. The van der Waals surface area contributed by atoms with E-state index in [9.17, 15) is 14.7 Å². The number of aliphatic hydroxyl groups excluding tert-OH is 1. The van der Waals surface area contributed by atoms with Gasteiger partial charge in [0.1, 0.15) is 0 Å². The first-order valence-electron chi connectivity index (χ1n) is 9.48. The van der Waals surface area contributed by atoms with Crippen LogP contribution in [0.3, 0.4) is 0 Å². The number of carbonyl (C=O) groups excluding carboxylic acids is 2. The Labute approximate surface area is 170 Å². The Morgan fingerprint density at radius 2 is 1.24 bits per heavy atom. The molecular weight excluding hydrogens is 372 g/mol. The number of hydrogen-bond donors (Lipinski definition) is 3. The highest BCUT2D eigenvalue weighted by atomic mass is 16.6. The smallest absolute Gasteiger partial charge is 0.337 e. The molecule has 5 atom stereocenters. The summed E-state index contributed by atoms with van der Waals surface area (Å²) in [6, 6.07) is 18.6. The van der Waals surface area contributed by atoms with Crippen LogP contribution in [-0.2, 0) is 19.1 Å². The van der Waals surface area contributed by atoms with Crippen LogP contribution in [0.2, 0.25) is 0 Å². The summed E-state index contributed by atoms with van der Waals surface area (Å²) < 4.78 is 10.2. The van der Waals surface area contributed by atoms with Crippen molar-refractivity contribution in [3.8, 4) is 0 Å². The highest BCUT2D eigenvalue weighted by molar-refractivity contribution is 5.81. The van der Waals surface area contributed by atoms with Gasteiger partial charge in [0.05, 0.1) is 6.42 Å². The van der Waals surface area contributed by atoms with Gasteiger partial charge in [-0.15, -0.1) is 0 Å². The molecule has 0 aromatic heterocycles. The van der Waals surface area contributed by atoms with Crippen LogP contribution in [0.1, 0.15) is 43.2 Å². The normalized spacial score (nSPS) is 16.2. The monoisotopic (exact) mass is 400 g/mol. The summed E-state index contributed by atoms with van der Waals surface area (Å²) in [6.45, 7) is 3.62. The van der Waals surface area contributed by atoms with Crippen LogP contribution in [0.5, 0.6) is 0 Å². The van der Waals surface area contributed by atoms with E-state index >= 15 is 0 Å². The Bertz CT molecular complexity index is 784. The summed E-state index contributed by atoms with van der Waals surface area (Å²) in [4.78, 5) is 24.1. The SMILES string of the molecule is CC(c1ccccc1)C(N)OC(=O)CC(O)C(=O)OC(N)C(C)c1ccccc1. The number of ether oxygens (including phenoxy) is 2. The summed E-state index contributed by atoms with van der Waals surface area (Å²) in [5.41, 5.74) is 13.6. The molecule has 156 valence electrons. The second-order valence-corrected chi connectivity index (χ2v) is 6.97. The van der Waals surface area contributed by atoms with E-state index in [1.807, 2.05) is 67.6 Å². The summed E-state index contributed by atoms with van der Waals surface area (Å²) in [7, 11) is 0. The van der Waals surface area contributed by atoms with Gasteiger partial charge in [0.2, 0.25) is 0 Å². The number of carbonyl (C=O) groups is 2. The number of hydrogen-bond acceptors (Lipinski definition) is 7. The topological polar surface area (TPSA) is 125 Å². The van der Waals surface area contributed by atoms with Crippen LogP contribution in [-0.4, -0.2) is 35.6 Å². The lowest BCUT2D eigenvalue weighted by molar-refractivity contribution is -0.166. The average molecular weight is 400 g/mol. The van der Waals surface area contributed by atoms with Crippen molar-refractivity contribution >= 4 is 11.9 Å². The Balaban J connectivity index is 1.83. The van der Waals surface area contributed by atoms with Crippen molar-refractivity contribution in [3.63, 3.8) is 0 Å². The minimum absolute atomic E-state index is 0.246. The first-order chi connectivity index (χ1) is 13.8. The fraction of sp³-hybridized carbons (Fsp3) is 0.364. The minimum Gasteiger partial charge on any atom is -0.446 e. The molecule has 0 radical (unpaired) electrons. The molecule has 7 heteroatoms. The highest BCUT2D eigenvalue weighted by Crippen LogP contribution is 2.20. The van der Waals surface area contributed by atoms with Gasteiger partial charge >= 0.3 is 11.9 Å². The molecule has 0 aliphatic rings. The quantitative estimate of drug-likeness (QED) is 0.434. The van der Waals surface area contributed by atoms with Crippen LogP contribution in [0.25, 0.3) is 0 Å². The highest BCUT2D eigenvalue weighted by Gasteiger charge is 2.27. The van der Waals surface area contributed by atoms with Gasteiger partial charge < -0.3 is 14.6 Å². The lowest BCUT2D eigenvalue weighted by atomic mass is 10.00. The van der Waals surface area contributed by atoms with Crippen LogP contribution in [0.4, 0.5) is 0 Å². The summed E-state index contributed by atoms with van der Waals surface area (Å²) in [5, 5.41) is 9.99. The molecule has 0 bridgehead atoms. The van der Waals surface area contributed by atoms with Gasteiger partial charge in [-0.25, -0.2) is 4.79 Å². The maximum Gasteiger partial charge on any atom is 0.337 e. The van der Waals surface area contributed by atoms with E-state index < -0.39 is 36.9 Å². The van der Waals surface area contributed by atoms with Gasteiger partial charge in [-0.3, -0.25) is 16.3 Å². The molecule has 2 aromatic carbocycles. The molecule has 2 aromatic rings. The van der Waals surface area contributed by atoms with Gasteiger partial charge in [0.15, 0.2) is 18.6 Å². The second kappa shape index (κ2) is 10.7. The van der Waals surface area contributed by atoms with Crippen molar-refractivity contribution in [1.82, 2.24) is 0 Å². The second-order valence-electron chi connectivity index (χ2n) is 6.97. The predicted octanol–water partition coefficient (Wildman–Crippen LogP) is 2.00. The fourth-order valence-corrected chi connectivity index (χ4v) is 2.75. The van der Waals surface area contributed by atoms with Crippen molar-refractivity contribution in [2.24, 2.45) is 11.5 Å². The van der Waals surface area contributed by atoms with Crippen molar-refractivity contribution in [1.29, 1.82) is 0 Å². The van der Waals surface area contributed by atoms with E-state index in [2.05, 4.69) is 0 Å². The molecule has 0 saturated carbocycles. The number of rotatable bonds is 9. The Morgan fingerprint density at radius 1 is 0.828 bits per heavy atom. The molecule has 0 amide bonds. The number of benzene rings is 2. The molecule has 29 heavy (non-hydrogen) atoms. The molecule has 0 spiro atoms. The minimum atomic E-state index is -1.68. The van der Waals surface area contributed by atoms with Gasteiger partial charge in [-0.2, -0.15) is 0 Å². The molecule has 0 aliphatic carbocycles. The third kappa shape index (κ3) is 6.67. The van der Waals surface area contributed by atoms with Gasteiger partial charge in [0, 0.05) is 11.8 Å². The van der Waals surface area contributed by atoms with E-state index in [1.165, 1.54) is 0 Å². The fourth-order valence-electron chi connectivity index (χ4n) is 2.75. The zero-order valence-electron chi connectivity index (χ0n) is 16.6. The number of nitrogens with two attached hydrogens (primary N) is 2. The van der Waals surface area contributed by atoms with Crippen LogP contribution >= 0.6 is 0 Å². The lowest BCUT2D eigenvalue weighted by Gasteiger charge is -2.23. The molecule has 2 rings (SSSR count). The third-order valence-corrected chi connectivity index (χ3v) is 4.79. The largest absolute Gasteiger partial charge is 0.446 e. The van der Waals surface area contributed by atoms with E-state index in [0.29, 0.717) is 0 Å². The lowest BCUT2D eigenvalue weighted by Crippen LogP contribution is -2.38. The van der Waals surface area contributed by atoms with Crippen LogP contribution in [0.15, 0.2) is 60.7 Å². The van der Waals surface area contributed by atoms with Crippen molar-refractivity contribution in [2.75, 3.05) is 0 Å². The van der Waals surface area contributed by atoms with E-state index in [1.54, 1.807) is 6.92 Å². The third-order valence-electron chi connectivity index (χ3n) is 4.79. The standard InChI is InChI=1S/C22H28N2O5/c1-14(16-9-5-3-6-10-16)20(23)28-19(26)13-18(25)22(27)29-21(24)15(2)17-11-7-4-8-12-17/h3-12,14-15,18,20-21,25H,13,23-24H2,1-2H3. The van der Waals surface area contributed by atoms with Gasteiger partial charge in [-0.05, 0) is 11.1 Å². The van der Waals surface area contributed by atoms with Gasteiger partial charge in [0.25, 0.3) is 0 Å². The number of esters is 2. The summed E-state index contributed by atoms with van der Waals surface area (Å²) in [6.07, 6.45) is -4.12. The first kappa shape index (κ1) is 22.5. The zero-order chi connectivity index (χ0) is 21.4. The average Bonchev–Trinajstić information content (AvgIpc) is 2.73. The van der Waals surface area contributed by atoms with E-state index in [0.717, 1.165) is 11.1 Å². The summed E-state index contributed by atoms with van der Waals surface area (Å²) >= 11 is 0. The number of aliphatic hydroxyl groups is 1. The van der Waals surface area contributed by atoms with Crippen molar-refractivity contribution in [2.45, 2.75) is 50.7 Å². The first-order valence-corrected chi connectivity index (χ1v) is 9.48. The maximum absolute atomic E-state index is 12.1. The molecule has 0 heterocycles. The summed E-state index contributed by atoms with van der Waals surface area (Å²) in [5.74, 6) is -2.31. The van der Waals surface area contributed by atoms with Crippen molar-refractivity contribution in [3.05, 3.63) is 71.8 Å². The Morgan fingerprint density at radius 3 is 1.69 bits per heavy atom. The molecule has 0 saturated heterocycles. The van der Waals surface area contributed by atoms with Crippen molar-refractivity contribution < 1.29 is 24.2 Å². The van der Waals surface area contributed by atoms with E-state index in [4.69, 9.17) is 20.9 Å².